The molecule has 0 spiro atoms. The molecule has 0 bridgehead atoms. The van der Waals surface area contributed by atoms with E-state index in [1.165, 1.54) is 11.6 Å². The van der Waals surface area contributed by atoms with E-state index < -0.39 is 0 Å². The maximum Gasteiger partial charge on any atom is 0.129 e. The summed E-state index contributed by atoms with van der Waals surface area (Å²) in [5, 5.41) is 3.51. The van der Waals surface area contributed by atoms with E-state index >= 15 is 0 Å². The van der Waals surface area contributed by atoms with Gasteiger partial charge >= 0.3 is 0 Å². The Bertz CT molecular complexity index is 810. The predicted octanol–water partition coefficient (Wildman–Crippen LogP) is 5.68. The average molecular weight is 372 g/mol. The maximum absolute atomic E-state index is 13.7. The number of halogens is 2. The van der Waals surface area contributed by atoms with Crippen LogP contribution in [0.3, 0.4) is 0 Å². The third-order valence-electron chi connectivity index (χ3n) is 4.21. The van der Waals surface area contributed by atoms with Crippen LogP contribution in [0, 0.1) is 5.82 Å². The molecule has 1 atom stereocenters. The number of para-hydroxylation sites is 1. The van der Waals surface area contributed by atoms with Crippen molar-refractivity contribution in [2.24, 2.45) is 0 Å². The molecule has 0 aliphatic heterocycles. The Morgan fingerprint density at radius 1 is 0.846 bits per heavy atom. The normalized spacial score (nSPS) is 11.5. The van der Waals surface area contributed by atoms with Gasteiger partial charge in [0.05, 0.1) is 0 Å². The first-order chi connectivity index (χ1) is 12.2. The molecule has 0 aliphatic carbocycles. The van der Waals surface area contributed by atoms with Crippen LogP contribution in [-0.2, 0) is 13.2 Å². The molecule has 0 saturated heterocycles. The van der Waals surface area contributed by atoms with E-state index in [-0.39, 0.29) is 30.9 Å². The lowest BCUT2D eigenvalue weighted by atomic mass is 10.1. The van der Waals surface area contributed by atoms with Gasteiger partial charge in [0.15, 0.2) is 0 Å². The largest absolute Gasteiger partial charge is 0.488 e. The Kier molecular flexibility index (Phi) is 7.64. The molecule has 0 saturated carbocycles. The number of rotatable bonds is 7. The summed E-state index contributed by atoms with van der Waals surface area (Å²) < 4.78 is 19.6. The van der Waals surface area contributed by atoms with E-state index in [1.54, 1.807) is 12.1 Å². The molecule has 136 valence electrons. The average Bonchev–Trinajstić information content (AvgIpc) is 2.67. The molecule has 3 aromatic rings. The second-order valence-electron chi connectivity index (χ2n) is 6.00. The summed E-state index contributed by atoms with van der Waals surface area (Å²) >= 11 is 0. The van der Waals surface area contributed by atoms with Crippen molar-refractivity contribution in [2.75, 3.05) is 0 Å². The standard InChI is InChI=1S/C22H22FNO.ClH/c1-17(18-9-3-2-4-10-18)24-15-19-11-6-8-14-22(19)25-16-20-12-5-7-13-21(20)23;/h2-14,17,24H,15-16H2,1H3;1H. The van der Waals surface area contributed by atoms with Crippen molar-refractivity contribution in [1.82, 2.24) is 5.32 Å². The van der Waals surface area contributed by atoms with Gasteiger partial charge in [-0.1, -0.05) is 66.7 Å². The number of ether oxygens (including phenoxy) is 1. The molecule has 0 aromatic heterocycles. The fraction of sp³-hybridized carbons (Fsp3) is 0.182. The van der Waals surface area contributed by atoms with E-state index in [2.05, 4.69) is 24.4 Å². The second kappa shape index (κ2) is 9.95. The maximum atomic E-state index is 13.7. The highest BCUT2D eigenvalue weighted by atomic mass is 35.5. The van der Waals surface area contributed by atoms with Crippen molar-refractivity contribution in [3.63, 3.8) is 0 Å². The first-order valence-electron chi connectivity index (χ1n) is 8.46. The zero-order chi connectivity index (χ0) is 17.5. The fourth-order valence-corrected chi connectivity index (χ4v) is 2.68. The Labute approximate surface area is 160 Å². The van der Waals surface area contributed by atoms with Crippen LogP contribution in [0.1, 0.15) is 29.7 Å². The second-order valence-corrected chi connectivity index (χ2v) is 6.00. The molecule has 1 unspecified atom stereocenters. The summed E-state index contributed by atoms with van der Waals surface area (Å²) in [7, 11) is 0. The SMILES string of the molecule is CC(NCc1ccccc1OCc1ccccc1F)c1ccccc1.Cl. The van der Waals surface area contributed by atoms with Gasteiger partial charge in [-0.05, 0) is 24.6 Å². The fourth-order valence-electron chi connectivity index (χ4n) is 2.68. The number of hydrogen-bond acceptors (Lipinski definition) is 2. The Balaban J connectivity index is 0.00000243. The Hall–Kier alpha value is -2.36. The molecule has 4 heteroatoms. The minimum Gasteiger partial charge on any atom is -0.488 e. The molecule has 2 nitrogen and oxygen atoms in total. The molecule has 0 radical (unpaired) electrons. The van der Waals surface area contributed by atoms with Crippen LogP contribution in [0.4, 0.5) is 4.39 Å². The molecule has 26 heavy (non-hydrogen) atoms. The lowest BCUT2D eigenvalue weighted by Gasteiger charge is -2.16. The van der Waals surface area contributed by atoms with Gasteiger partial charge in [-0.2, -0.15) is 0 Å². The highest BCUT2D eigenvalue weighted by molar-refractivity contribution is 5.85. The van der Waals surface area contributed by atoms with Crippen molar-refractivity contribution in [2.45, 2.75) is 26.1 Å². The van der Waals surface area contributed by atoms with Gasteiger partial charge in [-0.25, -0.2) is 4.39 Å². The van der Waals surface area contributed by atoms with Crippen molar-refractivity contribution in [3.8, 4) is 5.75 Å². The van der Waals surface area contributed by atoms with Crippen LogP contribution < -0.4 is 10.1 Å². The van der Waals surface area contributed by atoms with Crippen molar-refractivity contribution in [3.05, 3.63) is 101 Å². The van der Waals surface area contributed by atoms with E-state index in [0.717, 1.165) is 11.3 Å². The van der Waals surface area contributed by atoms with Gasteiger partial charge in [0, 0.05) is 23.7 Å². The summed E-state index contributed by atoms with van der Waals surface area (Å²) in [5.41, 5.74) is 2.86. The minimum absolute atomic E-state index is 0. The van der Waals surface area contributed by atoms with Crippen LogP contribution >= 0.6 is 12.4 Å². The van der Waals surface area contributed by atoms with Crippen LogP contribution in [0.5, 0.6) is 5.75 Å². The van der Waals surface area contributed by atoms with Crippen LogP contribution in [0.15, 0.2) is 78.9 Å². The van der Waals surface area contributed by atoms with Gasteiger partial charge in [-0.3, -0.25) is 0 Å². The topological polar surface area (TPSA) is 21.3 Å². The molecule has 0 amide bonds. The van der Waals surface area contributed by atoms with Gasteiger partial charge in [-0.15, -0.1) is 12.4 Å². The van der Waals surface area contributed by atoms with Gasteiger partial charge in [0.2, 0.25) is 0 Å². The summed E-state index contributed by atoms with van der Waals surface area (Å²) in [6, 6.07) is 25.1. The summed E-state index contributed by atoms with van der Waals surface area (Å²) in [4.78, 5) is 0. The molecular formula is C22H23ClFNO. The Morgan fingerprint density at radius 2 is 1.46 bits per heavy atom. The summed E-state index contributed by atoms with van der Waals surface area (Å²) in [6.07, 6.45) is 0. The van der Waals surface area contributed by atoms with Crippen molar-refractivity contribution in [1.29, 1.82) is 0 Å². The molecule has 3 rings (SSSR count). The monoisotopic (exact) mass is 371 g/mol. The summed E-state index contributed by atoms with van der Waals surface area (Å²) in [6.45, 7) is 3.04. The summed E-state index contributed by atoms with van der Waals surface area (Å²) in [5.74, 6) is 0.536. The third-order valence-corrected chi connectivity index (χ3v) is 4.21. The van der Waals surface area contributed by atoms with Gasteiger partial charge in [0.1, 0.15) is 18.2 Å². The number of nitrogens with one attached hydrogen (secondary N) is 1. The first kappa shape index (κ1) is 20.0. The molecule has 0 aliphatic rings. The number of hydrogen-bond donors (Lipinski definition) is 1. The highest BCUT2D eigenvalue weighted by Gasteiger charge is 2.08. The lowest BCUT2D eigenvalue weighted by Crippen LogP contribution is -2.18. The van der Waals surface area contributed by atoms with Crippen LogP contribution in [0.2, 0.25) is 0 Å². The van der Waals surface area contributed by atoms with Crippen molar-refractivity contribution >= 4 is 12.4 Å². The van der Waals surface area contributed by atoms with E-state index in [9.17, 15) is 4.39 Å². The van der Waals surface area contributed by atoms with Gasteiger partial charge < -0.3 is 10.1 Å². The van der Waals surface area contributed by atoms with E-state index in [1.807, 2.05) is 48.5 Å². The molecule has 0 heterocycles. The third kappa shape index (κ3) is 5.32. The number of benzene rings is 3. The molecule has 0 fully saturated rings. The van der Waals surface area contributed by atoms with E-state index in [0.29, 0.717) is 12.1 Å². The van der Waals surface area contributed by atoms with Crippen LogP contribution in [-0.4, -0.2) is 0 Å². The van der Waals surface area contributed by atoms with Crippen LogP contribution in [0.25, 0.3) is 0 Å². The molecule has 3 aromatic carbocycles. The zero-order valence-electron chi connectivity index (χ0n) is 14.7. The highest BCUT2D eigenvalue weighted by Crippen LogP contribution is 2.21. The predicted molar refractivity (Wildman–Crippen MR) is 106 cm³/mol. The minimum atomic E-state index is -0.240. The zero-order valence-corrected chi connectivity index (χ0v) is 15.5. The molecular weight excluding hydrogens is 349 g/mol. The van der Waals surface area contributed by atoms with E-state index in [4.69, 9.17) is 4.74 Å². The molecule has 1 N–H and O–H groups in total. The first-order valence-corrected chi connectivity index (χ1v) is 8.46. The van der Waals surface area contributed by atoms with Crippen molar-refractivity contribution < 1.29 is 9.13 Å². The quantitative estimate of drug-likeness (QED) is 0.577. The Morgan fingerprint density at radius 3 is 2.19 bits per heavy atom. The smallest absolute Gasteiger partial charge is 0.129 e. The lowest BCUT2D eigenvalue weighted by molar-refractivity contribution is 0.295. The van der Waals surface area contributed by atoms with Gasteiger partial charge in [0.25, 0.3) is 0 Å².